The van der Waals surface area contributed by atoms with Gasteiger partial charge in [0.1, 0.15) is 35.7 Å². The van der Waals surface area contributed by atoms with Gasteiger partial charge in [0.05, 0.1) is 6.61 Å². The van der Waals surface area contributed by atoms with Crippen LogP contribution in [0.25, 0.3) is 11.5 Å². The van der Waals surface area contributed by atoms with Gasteiger partial charge in [-0.1, -0.05) is 6.07 Å². The van der Waals surface area contributed by atoms with E-state index in [2.05, 4.69) is 4.98 Å². The summed E-state index contributed by atoms with van der Waals surface area (Å²) in [5.41, 5.74) is 3.19. The minimum absolute atomic E-state index is 0.0613. The third kappa shape index (κ3) is 4.68. The number of halogens is 1. The molecule has 2 aromatic heterocycles. The highest BCUT2D eigenvalue weighted by atomic mass is 19.1. The van der Waals surface area contributed by atoms with Crippen molar-refractivity contribution >= 4 is 17.4 Å². The van der Waals surface area contributed by atoms with Gasteiger partial charge in [0.25, 0.3) is 0 Å². The second-order valence-corrected chi connectivity index (χ2v) is 8.84. The molecule has 1 atom stereocenters. The number of amides is 1. The Kier molecular flexibility index (Phi) is 6.59. The first kappa shape index (κ1) is 23.2. The zero-order valence-electron chi connectivity index (χ0n) is 19.7. The molecule has 5 rings (SSSR count). The normalized spacial score (nSPS) is 17.4. The minimum atomic E-state index is -0.411. The van der Waals surface area contributed by atoms with Gasteiger partial charge in [0.2, 0.25) is 5.91 Å². The molecule has 8 nitrogen and oxygen atoms in total. The molecule has 1 amide bonds. The van der Waals surface area contributed by atoms with E-state index in [1.807, 2.05) is 11.9 Å². The zero-order chi connectivity index (χ0) is 24.4. The fourth-order valence-corrected chi connectivity index (χ4v) is 4.87. The topological polar surface area (TPSA) is 91.7 Å². The lowest BCUT2D eigenvalue weighted by Crippen LogP contribution is -2.52. The van der Waals surface area contributed by atoms with Crippen molar-refractivity contribution in [1.82, 2.24) is 15.0 Å². The Labute approximate surface area is 203 Å². The first-order chi connectivity index (χ1) is 17.0. The number of anilines is 2. The number of aromatic nitrogens is 3. The maximum atomic E-state index is 13.8. The number of rotatable bonds is 7. The van der Waals surface area contributed by atoms with E-state index >= 15 is 0 Å². The van der Waals surface area contributed by atoms with Gasteiger partial charge in [-0.3, -0.25) is 9.78 Å². The van der Waals surface area contributed by atoms with Crippen molar-refractivity contribution in [3.05, 3.63) is 59.7 Å². The Balaban J connectivity index is 1.47. The van der Waals surface area contributed by atoms with Crippen molar-refractivity contribution in [3.8, 4) is 17.3 Å². The lowest BCUT2D eigenvalue weighted by Gasteiger charge is -2.38. The van der Waals surface area contributed by atoms with Gasteiger partial charge in [0, 0.05) is 42.8 Å². The number of ether oxygens (including phenoxy) is 1. The summed E-state index contributed by atoms with van der Waals surface area (Å²) in [6.45, 7) is 0.669. The molecular weight excluding hydrogens is 449 g/mol. The number of benzene rings is 1. The van der Waals surface area contributed by atoms with E-state index in [1.54, 1.807) is 35.4 Å². The Bertz CT molecular complexity index is 1240. The van der Waals surface area contributed by atoms with Gasteiger partial charge in [-0.2, -0.15) is 0 Å². The van der Waals surface area contributed by atoms with Crippen molar-refractivity contribution < 1.29 is 19.0 Å². The second-order valence-electron chi connectivity index (χ2n) is 8.84. The van der Waals surface area contributed by atoms with Crippen molar-refractivity contribution in [1.29, 1.82) is 0 Å². The van der Waals surface area contributed by atoms with E-state index < -0.39 is 6.04 Å². The van der Waals surface area contributed by atoms with E-state index in [1.165, 1.54) is 12.1 Å². The number of carbonyl (C=O) groups excluding carboxylic acids is 1. The van der Waals surface area contributed by atoms with Crippen LogP contribution in [0.5, 0.6) is 5.75 Å². The van der Waals surface area contributed by atoms with Crippen LogP contribution in [-0.2, 0) is 17.6 Å². The van der Waals surface area contributed by atoms with Crippen LogP contribution >= 0.6 is 0 Å². The van der Waals surface area contributed by atoms with Gasteiger partial charge in [-0.05, 0) is 56.4 Å². The lowest BCUT2D eigenvalue weighted by atomic mass is 10.0. The number of pyridine rings is 1. The summed E-state index contributed by atoms with van der Waals surface area (Å²) >= 11 is 0. The molecule has 1 fully saturated rings. The summed E-state index contributed by atoms with van der Waals surface area (Å²) in [6.07, 6.45) is 5.82. The summed E-state index contributed by atoms with van der Waals surface area (Å²) in [5, 5.41) is 9.05. The predicted molar refractivity (Wildman–Crippen MR) is 130 cm³/mol. The molecule has 1 N–H and O–H groups in total. The average molecular weight is 478 g/mol. The number of hydrogen-bond donors (Lipinski definition) is 1. The molecule has 1 aliphatic carbocycles. The van der Waals surface area contributed by atoms with E-state index in [0.717, 1.165) is 42.8 Å². The van der Waals surface area contributed by atoms with E-state index in [0.29, 0.717) is 35.9 Å². The van der Waals surface area contributed by atoms with E-state index in [9.17, 15) is 9.18 Å². The molecule has 0 bridgehead atoms. The molecular formula is C26H28FN5O3. The van der Waals surface area contributed by atoms with Crippen molar-refractivity contribution in [2.45, 2.75) is 38.1 Å². The van der Waals surface area contributed by atoms with Crippen LogP contribution in [0.4, 0.5) is 15.9 Å². The number of aliphatic hydroxyl groups excluding tert-OH is 1. The number of carbonyl (C=O) groups is 1. The third-order valence-electron chi connectivity index (χ3n) is 6.56. The van der Waals surface area contributed by atoms with Gasteiger partial charge in [0.15, 0.2) is 5.82 Å². The molecule has 0 unspecified atom stereocenters. The zero-order valence-corrected chi connectivity index (χ0v) is 19.7. The third-order valence-corrected chi connectivity index (χ3v) is 6.56. The summed E-state index contributed by atoms with van der Waals surface area (Å²) in [7, 11) is 1.90. The molecule has 1 saturated heterocycles. The molecule has 182 valence electrons. The number of likely N-dealkylation sites (N-methyl/N-ethyl adjacent to an activating group) is 1. The molecule has 3 aromatic rings. The molecule has 1 aromatic carbocycles. The fourth-order valence-electron chi connectivity index (χ4n) is 4.87. The van der Waals surface area contributed by atoms with Crippen LogP contribution in [0.1, 0.15) is 30.5 Å². The van der Waals surface area contributed by atoms with Gasteiger partial charge >= 0.3 is 0 Å². The van der Waals surface area contributed by atoms with Crippen molar-refractivity contribution in [3.63, 3.8) is 0 Å². The van der Waals surface area contributed by atoms with Gasteiger partial charge in [-0.25, -0.2) is 14.4 Å². The quantitative estimate of drug-likeness (QED) is 0.559. The standard InChI is InChI=1S/C26H28FN5O3/c1-31(23-9-4-12-32(26(23)34)18-6-2-5-17(27)15-18)25-20-7-3-8-21(20)29-24(30-25)22-16-19(10-11-28-22)35-14-13-33/h2,5-6,10-11,15-16,23,33H,3-4,7-9,12-14H2,1H3/t23-/m0/s1. The number of nitrogens with zero attached hydrogens (tertiary/aromatic N) is 5. The number of piperidine rings is 1. The first-order valence-electron chi connectivity index (χ1n) is 11.9. The largest absolute Gasteiger partial charge is 0.491 e. The van der Waals surface area contributed by atoms with Crippen LogP contribution in [0.3, 0.4) is 0 Å². The Hall–Kier alpha value is -3.59. The highest BCUT2D eigenvalue weighted by Gasteiger charge is 2.35. The number of fused-ring (bicyclic) bond motifs is 1. The highest BCUT2D eigenvalue weighted by molar-refractivity contribution is 5.99. The lowest BCUT2D eigenvalue weighted by molar-refractivity contribution is -0.120. The smallest absolute Gasteiger partial charge is 0.249 e. The average Bonchev–Trinajstić information content (AvgIpc) is 3.36. The predicted octanol–water partition coefficient (Wildman–Crippen LogP) is 3.17. The summed E-state index contributed by atoms with van der Waals surface area (Å²) in [6, 6.07) is 9.24. The number of aliphatic hydroxyl groups is 1. The van der Waals surface area contributed by atoms with Crippen LogP contribution in [0, 0.1) is 5.82 Å². The van der Waals surface area contributed by atoms with E-state index in [-0.39, 0.29) is 24.9 Å². The van der Waals surface area contributed by atoms with Crippen LogP contribution in [-0.4, -0.2) is 58.8 Å². The summed E-state index contributed by atoms with van der Waals surface area (Å²) in [4.78, 5) is 31.2. The minimum Gasteiger partial charge on any atom is -0.491 e. The molecule has 3 heterocycles. The molecule has 0 radical (unpaired) electrons. The van der Waals surface area contributed by atoms with Crippen LogP contribution < -0.4 is 14.5 Å². The molecule has 2 aliphatic rings. The SMILES string of the molecule is CN(c1nc(-c2cc(OCCO)ccn2)nc2c1CCC2)[C@H]1CCCN(c2cccc(F)c2)C1=O. The van der Waals surface area contributed by atoms with Crippen molar-refractivity contribution in [2.24, 2.45) is 0 Å². The van der Waals surface area contributed by atoms with E-state index in [4.69, 9.17) is 19.8 Å². The molecule has 0 saturated carbocycles. The van der Waals surface area contributed by atoms with Gasteiger partial charge in [-0.15, -0.1) is 0 Å². The van der Waals surface area contributed by atoms with Crippen LogP contribution in [0.15, 0.2) is 42.6 Å². The maximum absolute atomic E-state index is 13.8. The Morgan fingerprint density at radius 3 is 2.91 bits per heavy atom. The van der Waals surface area contributed by atoms with Crippen LogP contribution in [0.2, 0.25) is 0 Å². The first-order valence-corrected chi connectivity index (χ1v) is 11.9. The second kappa shape index (κ2) is 9.95. The van der Waals surface area contributed by atoms with Crippen molar-refractivity contribution in [2.75, 3.05) is 36.6 Å². The van der Waals surface area contributed by atoms with Gasteiger partial charge < -0.3 is 19.6 Å². The summed E-state index contributed by atoms with van der Waals surface area (Å²) < 4.78 is 19.4. The molecule has 9 heteroatoms. The number of hydrogen-bond acceptors (Lipinski definition) is 7. The summed E-state index contributed by atoms with van der Waals surface area (Å²) in [5.74, 6) is 1.38. The molecule has 0 spiro atoms. The number of aryl methyl sites for hydroxylation is 1. The molecule has 1 aliphatic heterocycles. The fraction of sp³-hybridized carbons (Fsp3) is 0.385. The Morgan fingerprint density at radius 1 is 1.20 bits per heavy atom. The Morgan fingerprint density at radius 2 is 2.09 bits per heavy atom. The monoisotopic (exact) mass is 477 g/mol. The highest BCUT2D eigenvalue weighted by Crippen LogP contribution is 2.34. The molecule has 35 heavy (non-hydrogen) atoms. The maximum Gasteiger partial charge on any atom is 0.249 e.